The van der Waals surface area contributed by atoms with Gasteiger partial charge in [0.05, 0.1) is 23.9 Å². The summed E-state index contributed by atoms with van der Waals surface area (Å²) in [5.41, 5.74) is 0.910. The lowest BCUT2D eigenvalue weighted by Crippen LogP contribution is -2.36. The van der Waals surface area contributed by atoms with E-state index in [2.05, 4.69) is 5.32 Å². The van der Waals surface area contributed by atoms with Crippen LogP contribution in [0.2, 0.25) is 0 Å². The molecule has 1 aromatic carbocycles. The number of amides is 2. The largest absolute Gasteiger partial charge is 0.343 e. The molecule has 80 valence electrons. The number of carbonyl (C=O) groups excluding carboxylic acids is 2. The van der Waals surface area contributed by atoms with Gasteiger partial charge in [-0.3, -0.25) is 14.5 Å². The second kappa shape index (κ2) is 4.03. The molecule has 0 unspecified atom stereocenters. The highest BCUT2D eigenvalue weighted by atomic mass is 16.2. The Morgan fingerprint density at radius 2 is 2.12 bits per heavy atom. The van der Waals surface area contributed by atoms with Crippen molar-refractivity contribution in [2.24, 2.45) is 0 Å². The van der Waals surface area contributed by atoms with Gasteiger partial charge in [-0.2, -0.15) is 5.26 Å². The topological polar surface area (TPSA) is 73.2 Å². The predicted molar refractivity (Wildman–Crippen MR) is 56.7 cm³/mol. The lowest BCUT2D eigenvalue weighted by molar-refractivity contribution is -0.117. The van der Waals surface area contributed by atoms with Crippen molar-refractivity contribution >= 4 is 17.5 Å². The maximum atomic E-state index is 11.7. The van der Waals surface area contributed by atoms with E-state index in [0.717, 1.165) is 0 Å². The summed E-state index contributed by atoms with van der Waals surface area (Å²) in [7, 11) is 0. The number of nitrogens with zero attached hydrogens (tertiary/aromatic N) is 2. The van der Waals surface area contributed by atoms with Gasteiger partial charge in [0.15, 0.2) is 0 Å². The van der Waals surface area contributed by atoms with E-state index < -0.39 is 0 Å². The molecule has 0 saturated carbocycles. The van der Waals surface area contributed by atoms with Gasteiger partial charge in [-0.25, -0.2) is 0 Å². The van der Waals surface area contributed by atoms with Crippen LogP contribution in [0.1, 0.15) is 10.4 Å². The van der Waals surface area contributed by atoms with Crippen molar-refractivity contribution in [3.63, 3.8) is 0 Å². The third-order valence-electron chi connectivity index (χ3n) is 2.37. The van der Waals surface area contributed by atoms with Crippen molar-refractivity contribution in [3.8, 4) is 6.07 Å². The molecule has 5 heteroatoms. The molecule has 0 fully saturated rings. The molecule has 16 heavy (non-hydrogen) atoms. The van der Waals surface area contributed by atoms with Gasteiger partial charge in [-0.1, -0.05) is 12.1 Å². The average Bonchev–Trinajstić information content (AvgIpc) is 2.42. The second-order valence-electron chi connectivity index (χ2n) is 3.34. The molecule has 2 amide bonds. The van der Waals surface area contributed by atoms with Crippen molar-refractivity contribution in [2.75, 3.05) is 18.0 Å². The number of anilines is 1. The summed E-state index contributed by atoms with van der Waals surface area (Å²) in [6.45, 7) is -0.125. The van der Waals surface area contributed by atoms with E-state index in [4.69, 9.17) is 5.26 Å². The highest BCUT2D eigenvalue weighted by Gasteiger charge is 2.25. The van der Waals surface area contributed by atoms with Gasteiger partial charge in [0.2, 0.25) is 5.91 Å². The van der Waals surface area contributed by atoms with Gasteiger partial charge in [0.1, 0.15) is 6.54 Å². The van der Waals surface area contributed by atoms with Crippen molar-refractivity contribution in [1.29, 1.82) is 5.26 Å². The van der Waals surface area contributed by atoms with Crippen molar-refractivity contribution in [3.05, 3.63) is 29.8 Å². The Kier molecular flexibility index (Phi) is 2.56. The molecule has 0 radical (unpaired) electrons. The molecular weight excluding hydrogens is 206 g/mol. The molecule has 0 saturated heterocycles. The molecule has 2 rings (SSSR count). The van der Waals surface area contributed by atoms with Crippen LogP contribution in [0.3, 0.4) is 0 Å². The number of nitrogens with one attached hydrogen (secondary N) is 1. The lowest BCUT2D eigenvalue weighted by atomic mass is 10.1. The van der Waals surface area contributed by atoms with Crippen LogP contribution in [0.5, 0.6) is 0 Å². The SMILES string of the molecule is N#CCN1C(=O)CNC(=O)c2ccccc21. The smallest absolute Gasteiger partial charge is 0.253 e. The Hall–Kier alpha value is -2.35. The third-order valence-corrected chi connectivity index (χ3v) is 2.37. The molecule has 0 aromatic heterocycles. The highest BCUT2D eigenvalue weighted by molar-refractivity contribution is 6.09. The monoisotopic (exact) mass is 215 g/mol. The van der Waals surface area contributed by atoms with E-state index in [1.807, 2.05) is 6.07 Å². The summed E-state index contributed by atoms with van der Waals surface area (Å²) in [6, 6.07) is 8.66. The van der Waals surface area contributed by atoms with Crippen LogP contribution >= 0.6 is 0 Å². The Morgan fingerprint density at radius 1 is 1.38 bits per heavy atom. The fourth-order valence-corrected chi connectivity index (χ4v) is 1.63. The van der Waals surface area contributed by atoms with Gasteiger partial charge in [0, 0.05) is 0 Å². The van der Waals surface area contributed by atoms with Gasteiger partial charge >= 0.3 is 0 Å². The van der Waals surface area contributed by atoms with Crippen LogP contribution in [0.15, 0.2) is 24.3 Å². The maximum absolute atomic E-state index is 11.7. The van der Waals surface area contributed by atoms with Crippen LogP contribution in [-0.2, 0) is 4.79 Å². The molecule has 0 atom stereocenters. The third kappa shape index (κ3) is 1.61. The van der Waals surface area contributed by atoms with Crippen LogP contribution in [0.25, 0.3) is 0 Å². The molecule has 1 aliphatic heterocycles. The normalized spacial score (nSPS) is 14.8. The van der Waals surface area contributed by atoms with Crippen molar-refractivity contribution in [2.45, 2.75) is 0 Å². The number of benzene rings is 1. The van der Waals surface area contributed by atoms with Crippen LogP contribution < -0.4 is 10.2 Å². The zero-order valence-electron chi connectivity index (χ0n) is 8.43. The van der Waals surface area contributed by atoms with Crippen molar-refractivity contribution < 1.29 is 9.59 Å². The summed E-state index contributed by atoms with van der Waals surface area (Å²) in [6.07, 6.45) is 0. The number of para-hydroxylation sites is 1. The minimum atomic E-state index is -0.288. The number of fused-ring (bicyclic) bond motifs is 1. The minimum Gasteiger partial charge on any atom is -0.343 e. The number of rotatable bonds is 1. The summed E-state index contributed by atoms with van der Waals surface area (Å²) in [5, 5.41) is 11.2. The van der Waals surface area contributed by atoms with Gasteiger partial charge < -0.3 is 5.32 Å². The zero-order valence-corrected chi connectivity index (χ0v) is 8.43. The first-order chi connectivity index (χ1) is 7.74. The average molecular weight is 215 g/mol. The van der Waals surface area contributed by atoms with Crippen molar-refractivity contribution in [1.82, 2.24) is 5.32 Å². The lowest BCUT2D eigenvalue weighted by Gasteiger charge is -2.18. The molecule has 1 aromatic rings. The van der Waals surface area contributed by atoms with E-state index >= 15 is 0 Å². The summed E-state index contributed by atoms with van der Waals surface area (Å²) in [5.74, 6) is -0.566. The van der Waals surface area contributed by atoms with E-state index in [1.54, 1.807) is 24.3 Å². The predicted octanol–water partition coefficient (Wildman–Crippen LogP) is 0.287. The quantitative estimate of drug-likeness (QED) is 0.684. The molecule has 1 aliphatic rings. The second-order valence-corrected chi connectivity index (χ2v) is 3.34. The summed E-state index contributed by atoms with van der Waals surface area (Å²) < 4.78 is 0. The Morgan fingerprint density at radius 3 is 2.88 bits per heavy atom. The van der Waals surface area contributed by atoms with Gasteiger partial charge in [-0.05, 0) is 12.1 Å². The van der Waals surface area contributed by atoms with Crippen LogP contribution in [0.4, 0.5) is 5.69 Å². The number of hydrogen-bond donors (Lipinski definition) is 1. The molecule has 0 bridgehead atoms. The first kappa shape index (κ1) is 10.2. The van der Waals surface area contributed by atoms with E-state index in [0.29, 0.717) is 11.3 Å². The molecular formula is C11H9N3O2. The number of hydrogen-bond acceptors (Lipinski definition) is 3. The number of carbonyl (C=O) groups is 2. The Bertz CT molecular complexity index is 490. The molecule has 5 nitrogen and oxygen atoms in total. The highest BCUT2D eigenvalue weighted by Crippen LogP contribution is 2.21. The molecule has 1 N–H and O–H groups in total. The minimum absolute atomic E-state index is 0.0508. The first-order valence-corrected chi connectivity index (χ1v) is 4.78. The fourth-order valence-electron chi connectivity index (χ4n) is 1.63. The van der Waals surface area contributed by atoms with E-state index in [-0.39, 0.29) is 24.9 Å². The number of nitriles is 1. The molecule has 0 aliphatic carbocycles. The fraction of sp³-hybridized carbons (Fsp3) is 0.182. The summed E-state index contributed by atoms with van der Waals surface area (Å²) >= 11 is 0. The van der Waals surface area contributed by atoms with Gasteiger partial charge in [-0.15, -0.1) is 0 Å². The zero-order chi connectivity index (χ0) is 11.5. The maximum Gasteiger partial charge on any atom is 0.253 e. The molecule has 1 heterocycles. The standard InChI is InChI=1S/C11H9N3O2/c12-5-6-14-9-4-2-1-3-8(9)11(16)13-7-10(14)15/h1-4H,6-7H2,(H,13,16). The first-order valence-electron chi connectivity index (χ1n) is 4.78. The Balaban J connectivity index is 2.53. The Labute approximate surface area is 92.3 Å². The van der Waals surface area contributed by atoms with E-state index in [1.165, 1.54) is 4.90 Å². The molecule has 0 spiro atoms. The van der Waals surface area contributed by atoms with Crippen LogP contribution in [0, 0.1) is 11.3 Å². The van der Waals surface area contributed by atoms with E-state index in [9.17, 15) is 9.59 Å². The summed E-state index contributed by atoms with van der Waals surface area (Å²) in [4.78, 5) is 24.6. The van der Waals surface area contributed by atoms with Crippen LogP contribution in [-0.4, -0.2) is 24.9 Å². The van der Waals surface area contributed by atoms with Gasteiger partial charge in [0.25, 0.3) is 5.91 Å².